The predicted octanol–water partition coefficient (Wildman–Crippen LogP) is 1.19. The lowest BCUT2D eigenvalue weighted by atomic mass is 10.1. The third-order valence-corrected chi connectivity index (χ3v) is 2.53. The highest BCUT2D eigenvalue weighted by Gasteiger charge is 2.26. The van der Waals surface area contributed by atoms with Crippen LogP contribution in [-0.4, -0.2) is 24.0 Å². The van der Waals surface area contributed by atoms with Crippen molar-refractivity contribution in [2.75, 3.05) is 7.05 Å². The molecule has 0 spiro atoms. The van der Waals surface area contributed by atoms with E-state index >= 15 is 0 Å². The highest BCUT2D eigenvalue weighted by Crippen LogP contribution is 2.24. The van der Waals surface area contributed by atoms with Crippen molar-refractivity contribution >= 4 is 0 Å². The second kappa shape index (κ2) is 2.86. The van der Waals surface area contributed by atoms with Gasteiger partial charge in [-0.05, 0) is 18.9 Å². The smallest absolute Gasteiger partial charge is 0.0448 e. The molecule has 2 nitrogen and oxygen atoms in total. The van der Waals surface area contributed by atoms with Crippen LogP contribution in [0, 0.1) is 5.92 Å². The van der Waals surface area contributed by atoms with Crippen LogP contribution in [0.25, 0.3) is 0 Å². The van der Waals surface area contributed by atoms with E-state index in [-0.39, 0.29) is 6.04 Å². The largest absolute Gasteiger partial charge is 0.373 e. The monoisotopic (exact) mass is 154 g/mol. The Hall–Kier alpha value is -0.500. The first-order chi connectivity index (χ1) is 5.04. The number of nitrogens with zero attached hydrogens (tertiary/aromatic N) is 1. The molecule has 0 aromatic heterocycles. The van der Waals surface area contributed by atoms with Gasteiger partial charge in [0.15, 0.2) is 0 Å². The summed E-state index contributed by atoms with van der Waals surface area (Å²) in [5, 5.41) is 0. The Balaban J connectivity index is 2.75. The quantitative estimate of drug-likeness (QED) is 0.614. The molecular weight excluding hydrogens is 136 g/mol. The number of hydrogen-bond acceptors (Lipinski definition) is 2. The van der Waals surface area contributed by atoms with Gasteiger partial charge in [-0.1, -0.05) is 13.8 Å². The van der Waals surface area contributed by atoms with Crippen LogP contribution in [-0.2, 0) is 0 Å². The second-order valence-corrected chi connectivity index (χ2v) is 3.68. The number of rotatable bonds is 1. The third-order valence-electron chi connectivity index (χ3n) is 2.53. The van der Waals surface area contributed by atoms with Crippen LogP contribution < -0.4 is 5.73 Å². The summed E-state index contributed by atoms with van der Waals surface area (Å²) in [6.07, 6.45) is 2.18. The second-order valence-electron chi connectivity index (χ2n) is 3.68. The molecule has 64 valence electrons. The van der Waals surface area contributed by atoms with Gasteiger partial charge in [-0.15, -0.1) is 0 Å². The van der Waals surface area contributed by atoms with Crippen molar-refractivity contribution in [1.82, 2.24) is 4.90 Å². The molecule has 0 aromatic rings. The number of allylic oxidation sites excluding steroid dienone is 1. The molecule has 0 aliphatic carbocycles. The Kier molecular flexibility index (Phi) is 2.23. The first-order valence-corrected chi connectivity index (χ1v) is 4.24. The number of hydrogen-bond donors (Lipinski definition) is 1. The first kappa shape index (κ1) is 8.60. The van der Waals surface area contributed by atoms with Gasteiger partial charge < -0.3 is 10.6 Å². The fraction of sp³-hybridized carbons (Fsp3) is 0.778. The molecule has 0 fully saturated rings. The summed E-state index contributed by atoms with van der Waals surface area (Å²) in [6, 6.07) is 0.685. The lowest BCUT2D eigenvalue weighted by Gasteiger charge is -2.25. The number of likely N-dealkylation sites (N-methyl/N-ethyl adjacent to an activating group) is 1. The van der Waals surface area contributed by atoms with Crippen LogP contribution in [0.4, 0.5) is 0 Å². The first-order valence-electron chi connectivity index (χ1n) is 4.24. The molecule has 0 saturated heterocycles. The van der Waals surface area contributed by atoms with Crippen molar-refractivity contribution < 1.29 is 0 Å². The molecule has 0 amide bonds. The van der Waals surface area contributed by atoms with Crippen LogP contribution in [0.15, 0.2) is 11.8 Å². The maximum Gasteiger partial charge on any atom is 0.0448 e. The molecule has 0 radical (unpaired) electrons. The van der Waals surface area contributed by atoms with E-state index < -0.39 is 0 Å². The molecule has 2 heteroatoms. The molecule has 1 aliphatic rings. The minimum atomic E-state index is 0.220. The zero-order valence-corrected chi connectivity index (χ0v) is 7.83. The summed E-state index contributed by atoms with van der Waals surface area (Å²) < 4.78 is 0. The molecule has 0 bridgehead atoms. The van der Waals surface area contributed by atoms with Crippen molar-refractivity contribution in [1.29, 1.82) is 0 Å². The lowest BCUT2D eigenvalue weighted by Crippen LogP contribution is -2.36. The standard InChI is InChI=1S/C9H18N2/c1-6(2)9-5-8(10)7(3)11(9)4/h5-8H,10H2,1-4H3. The van der Waals surface area contributed by atoms with Crippen LogP contribution in [0.5, 0.6) is 0 Å². The Morgan fingerprint density at radius 2 is 2.09 bits per heavy atom. The molecule has 0 saturated carbocycles. The zero-order valence-electron chi connectivity index (χ0n) is 7.83. The molecule has 1 aliphatic heterocycles. The Morgan fingerprint density at radius 3 is 2.27 bits per heavy atom. The van der Waals surface area contributed by atoms with Crippen LogP contribution in [0.3, 0.4) is 0 Å². The fourth-order valence-electron chi connectivity index (χ4n) is 1.55. The average Bonchev–Trinajstić information content (AvgIpc) is 2.17. The van der Waals surface area contributed by atoms with Gasteiger partial charge in [0, 0.05) is 24.8 Å². The highest BCUT2D eigenvalue weighted by atomic mass is 15.2. The van der Waals surface area contributed by atoms with E-state index in [9.17, 15) is 0 Å². The maximum absolute atomic E-state index is 5.88. The molecule has 11 heavy (non-hydrogen) atoms. The van der Waals surface area contributed by atoms with Gasteiger partial charge in [-0.3, -0.25) is 0 Å². The topological polar surface area (TPSA) is 29.3 Å². The van der Waals surface area contributed by atoms with E-state index in [4.69, 9.17) is 5.73 Å². The van der Waals surface area contributed by atoms with E-state index in [1.54, 1.807) is 0 Å². The van der Waals surface area contributed by atoms with E-state index in [1.807, 2.05) is 0 Å². The van der Waals surface area contributed by atoms with Crippen LogP contribution in [0.2, 0.25) is 0 Å². The predicted molar refractivity (Wildman–Crippen MR) is 48.1 cm³/mol. The lowest BCUT2D eigenvalue weighted by molar-refractivity contribution is 0.312. The van der Waals surface area contributed by atoms with Crippen molar-refractivity contribution in [3.63, 3.8) is 0 Å². The summed E-state index contributed by atoms with van der Waals surface area (Å²) in [5.74, 6) is 0.594. The summed E-state index contributed by atoms with van der Waals surface area (Å²) in [4.78, 5) is 2.27. The van der Waals surface area contributed by atoms with Gasteiger partial charge in [0.1, 0.15) is 0 Å². The number of nitrogens with two attached hydrogens (primary N) is 1. The minimum absolute atomic E-state index is 0.220. The van der Waals surface area contributed by atoms with Crippen molar-refractivity contribution in [3.05, 3.63) is 11.8 Å². The minimum Gasteiger partial charge on any atom is -0.373 e. The van der Waals surface area contributed by atoms with Gasteiger partial charge in [0.2, 0.25) is 0 Å². The van der Waals surface area contributed by atoms with E-state index in [0.29, 0.717) is 12.0 Å². The van der Waals surface area contributed by atoms with Crippen molar-refractivity contribution in [2.45, 2.75) is 32.9 Å². The van der Waals surface area contributed by atoms with Crippen molar-refractivity contribution in [2.24, 2.45) is 11.7 Å². The Labute approximate surface area is 69.1 Å². The maximum atomic E-state index is 5.88. The highest BCUT2D eigenvalue weighted by molar-refractivity contribution is 5.17. The summed E-state index contributed by atoms with van der Waals surface area (Å²) in [7, 11) is 2.11. The Bertz CT molecular complexity index is 172. The van der Waals surface area contributed by atoms with Gasteiger partial charge in [0.25, 0.3) is 0 Å². The van der Waals surface area contributed by atoms with E-state index in [1.165, 1.54) is 5.70 Å². The summed E-state index contributed by atoms with van der Waals surface area (Å²) in [5.41, 5.74) is 7.26. The normalized spacial score (nSPS) is 31.5. The molecule has 2 N–H and O–H groups in total. The molecule has 0 aromatic carbocycles. The van der Waals surface area contributed by atoms with Crippen molar-refractivity contribution in [3.8, 4) is 0 Å². The molecular formula is C9H18N2. The summed E-state index contributed by atoms with van der Waals surface area (Å²) >= 11 is 0. The Morgan fingerprint density at radius 1 is 1.55 bits per heavy atom. The fourth-order valence-corrected chi connectivity index (χ4v) is 1.55. The molecule has 1 rings (SSSR count). The molecule has 2 atom stereocenters. The van der Waals surface area contributed by atoms with Gasteiger partial charge >= 0.3 is 0 Å². The third kappa shape index (κ3) is 1.41. The van der Waals surface area contributed by atoms with E-state index in [0.717, 1.165) is 0 Å². The van der Waals surface area contributed by atoms with Crippen LogP contribution >= 0.6 is 0 Å². The van der Waals surface area contributed by atoms with Gasteiger partial charge in [-0.2, -0.15) is 0 Å². The van der Waals surface area contributed by atoms with E-state index in [2.05, 4.69) is 38.8 Å². The zero-order chi connectivity index (χ0) is 8.59. The average molecular weight is 154 g/mol. The molecule has 1 heterocycles. The molecule has 2 unspecified atom stereocenters. The summed E-state index contributed by atoms with van der Waals surface area (Å²) in [6.45, 7) is 6.57. The van der Waals surface area contributed by atoms with Crippen LogP contribution in [0.1, 0.15) is 20.8 Å². The van der Waals surface area contributed by atoms with Gasteiger partial charge in [-0.25, -0.2) is 0 Å². The SMILES string of the molecule is CC(C)C1=CC(N)C(C)N1C. The van der Waals surface area contributed by atoms with Gasteiger partial charge in [0.05, 0.1) is 0 Å².